The molecule has 0 radical (unpaired) electrons. The Kier molecular flexibility index (Phi) is 5.17. The van der Waals surface area contributed by atoms with E-state index in [0.29, 0.717) is 11.3 Å². The summed E-state index contributed by atoms with van der Waals surface area (Å²) in [6.45, 7) is 0. The van der Waals surface area contributed by atoms with Crippen molar-refractivity contribution in [1.29, 1.82) is 0 Å². The Hall–Kier alpha value is -4.39. The van der Waals surface area contributed by atoms with Crippen LogP contribution in [0, 0.1) is 0 Å². The SMILES string of the molecule is O=C(O)C=Cc1cn(-c2cccc(C(F)(F)F)c2)nc1-c1cc2ccccc2c2ccccc12. The van der Waals surface area contributed by atoms with Gasteiger partial charge in [0.25, 0.3) is 0 Å². The van der Waals surface area contributed by atoms with E-state index in [1.807, 2.05) is 54.6 Å². The van der Waals surface area contributed by atoms with E-state index in [4.69, 9.17) is 5.11 Å². The second-order valence-corrected chi connectivity index (χ2v) is 7.79. The summed E-state index contributed by atoms with van der Waals surface area (Å²) in [4.78, 5) is 11.2. The molecule has 168 valence electrons. The predicted octanol–water partition coefficient (Wildman–Crippen LogP) is 6.96. The highest BCUT2D eigenvalue weighted by Gasteiger charge is 2.30. The Balaban J connectivity index is 1.77. The van der Waals surface area contributed by atoms with E-state index in [-0.39, 0.29) is 5.69 Å². The van der Waals surface area contributed by atoms with Gasteiger partial charge in [-0.05, 0) is 51.9 Å². The topological polar surface area (TPSA) is 55.1 Å². The van der Waals surface area contributed by atoms with E-state index >= 15 is 0 Å². The lowest BCUT2D eigenvalue weighted by atomic mass is 9.94. The number of aromatic nitrogens is 2. The predicted molar refractivity (Wildman–Crippen MR) is 126 cm³/mol. The maximum Gasteiger partial charge on any atom is 0.416 e. The third-order valence-electron chi connectivity index (χ3n) is 5.61. The first kappa shape index (κ1) is 21.5. The molecule has 5 aromatic rings. The van der Waals surface area contributed by atoms with E-state index in [9.17, 15) is 18.0 Å². The molecule has 0 aliphatic rings. The Labute approximate surface area is 192 Å². The van der Waals surface area contributed by atoms with Crippen molar-refractivity contribution in [2.75, 3.05) is 0 Å². The van der Waals surface area contributed by atoms with Crippen LogP contribution in [0.5, 0.6) is 0 Å². The largest absolute Gasteiger partial charge is 0.478 e. The average Bonchev–Trinajstić information content (AvgIpc) is 3.26. The Bertz CT molecular complexity index is 1580. The highest BCUT2D eigenvalue weighted by Crippen LogP contribution is 2.37. The van der Waals surface area contributed by atoms with Gasteiger partial charge < -0.3 is 5.11 Å². The third kappa shape index (κ3) is 3.92. The number of halogens is 3. The molecule has 0 aliphatic carbocycles. The van der Waals surface area contributed by atoms with E-state index in [1.165, 1.54) is 29.1 Å². The molecule has 4 nitrogen and oxygen atoms in total. The normalized spacial score (nSPS) is 12.1. The van der Waals surface area contributed by atoms with Crippen molar-refractivity contribution in [1.82, 2.24) is 9.78 Å². The van der Waals surface area contributed by atoms with Gasteiger partial charge in [0.1, 0.15) is 5.69 Å². The molecule has 0 atom stereocenters. The van der Waals surface area contributed by atoms with Crippen molar-refractivity contribution in [2.45, 2.75) is 6.18 Å². The van der Waals surface area contributed by atoms with Crippen LogP contribution in [0.15, 0.2) is 91.1 Å². The van der Waals surface area contributed by atoms with Crippen LogP contribution in [0.2, 0.25) is 0 Å². The molecule has 0 saturated heterocycles. The first-order valence-corrected chi connectivity index (χ1v) is 10.4. The quantitative estimate of drug-likeness (QED) is 0.234. The van der Waals surface area contributed by atoms with Crippen molar-refractivity contribution in [2.24, 2.45) is 0 Å². The van der Waals surface area contributed by atoms with Gasteiger partial charge in [-0.1, -0.05) is 54.6 Å². The molecular weight excluding hydrogens is 441 g/mol. The molecule has 0 aliphatic heterocycles. The molecule has 0 spiro atoms. The maximum absolute atomic E-state index is 13.3. The molecule has 0 fully saturated rings. The van der Waals surface area contributed by atoms with Crippen LogP contribution >= 0.6 is 0 Å². The van der Waals surface area contributed by atoms with Gasteiger partial charge >= 0.3 is 12.1 Å². The fourth-order valence-electron chi connectivity index (χ4n) is 4.09. The van der Waals surface area contributed by atoms with Crippen LogP contribution in [0.25, 0.3) is 44.6 Å². The second-order valence-electron chi connectivity index (χ2n) is 7.79. The molecule has 34 heavy (non-hydrogen) atoms. The summed E-state index contributed by atoms with van der Waals surface area (Å²) in [6.07, 6.45) is -0.570. The van der Waals surface area contributed by atoms with E-state index in [0.717, 1.165) is 45.3 Å². The number of benzene rings is 4. The van der Waals surface area contributed by atoms with Gasteiger partial charge in [0.15, 0.2) is 0 Å². The summed E-state index contributed by atoms with van der Waals surface area (Å²) in [5.41, 5.74) is 1.12. The first-order valence-electron chi connectivity index (χ1n) is 10.4. The summed E-state index contributed by atoms with van der Waals surface area (Å²) >= 11 is 0. The molecule has 1 aromatic heterocycles. The minimum absolute atomic E-state index is 0.219. The number of alkyl halides is 3. The van der Waals surface area contributed by atoms with Crippen molar-refractivity contribution < 1.29 is 23.1 Å². The summed E-state index contributed by atoms with van der Waals surface area (Å²) in [6, 6.07) is 22.5. The van der Waals surface area contributed by atoms with Crippen molar-refractivity contribution >= 4 is 33.6 Å². The number of carboxylic acid groups (broad SMARTS) is 1. The van der Waals surface area contributed by atoms with Crippen LogP contribution in [0.4, 0.5) is 13.2 Å². The van der Waals surface area contributed by atoms with Gasteiger partial charge in [-0.25, -0.2) is 9.48 Å². The molecule has 0 saturated carbocycles. The second kappa shape index (κ2) is 8.19. The number of nitrogens with zero attached hydrogens (tertiary/aromatic N) is 2. The zero-order chi connectivity index (χ0) is 23.9. The minimum atomic E-state index is -4.49. The molecule has 0 amide bonds. The summed E-state index contributed by atoms with van der Waals surface area (Å²) < 4.78 is 41.1. The highest BCUT2D eigenvalue weighted by molar-refractivity contribution is 6.14. The highest BCUT2D eigenvalue weighted by atomic mass is 19.4. The van der Waals surface area contributed by atoms with Gasteiger partial charge in [0, 0.05) is 23.4 Å². The number of fused-ring (bicyclic) bond motifs is 3. The van der Waals surface area contributed by atoms with Crippen LogP contribution in [0.1, 0.15) is 11.1 Å². The molecular formula is C27H17F3N2O2. The fraction of sp³-hybridized carbons (Fsp3) is 0.0370. The molecule has 7 heteroatoms. The van der Waals surface area contributed by atoms with E-state index in [1.54, 1.807) is 0 Å². The smallest absolute Gasteiger partial charge is 0.416 e. The Morgan fingerprint density at radius 1 is 0.882 bits per heavy atom. The van der Waals surface area contributed by atoms with Crippen molar-refractivity contribution in [3.63, 3.8) is 0 Å². The lowest BCUT2D eigenvalue weighted by Gasteiger charge is -2.10. The zero-order valence-electron chi connectivity index (χ0n) is 17.6. The lowest BCUT2D eigenvalue weighted by molar-refractivity contribution is -0.137. The molecule has 1 N–H and O–H groups in total. The zero-order valence-corrected chi connectivity index (χ0v) is 17.6. The number of aliphatic carboxylic acids is 1. The molecule has 0 unspecified atom stereocenters. The van der Waals surface area contributed by atoms with Crippen LogP contribution < -0.4 is 0 Å². The number of hydrogen-bond donors (Lipinski definition) is 1. The van der Waals surface area contributed by atoms with Gasteiger partial charge in [0.05, 0.1) is 11.3 Å². The Morgan fingerprint density at radius 2 is 1.59 bits per heavy atom. The van der Waals surface area contributed by atoms with Gasteiger partial charge in [-0.3, -0.25) is 0 Å². The molecule has 5 rings (SSSR count). The van der Waals surface area contributed by atoms with Crippen LogP contribution in [0.3, 0.4) is 0 Å². The molecule has 0 bridgehead atoms. The number of hydrogen-bond acceptors (Lipinski definition) is 2. The first-order chi connectivity index (χ1) is 16.3. The van der Waals surface area contributed by atoms with Gasteiger partial charge in [0.2, 0.25) is 0 Å². The van der Waals surface area contributed by atoms with Crippen molar-refractivity contribution in [3.8, 4) is 16.9 Å². The standard InChI is InChI=1S/C27H17F3N2O2/c28-27(29,30)19-7-5-8-20(15-19)32-16-18(12-13-25(33)34)26(31-32)24-14-17-6-1-2-9-21(17)22-10-3-4-11-23(22)24/h1-16H,(H,33,34). The molecule has 4 aromatic carbocycles. The number of carbonyl (C=O) groups is 1. The maximum atomic E-state index is 13.3. The van der Waals surface area contributed by atoms with Gasteiger partial charge in [-0.15, -0.1) is 0 Å². The minimum Gasteiger partial charge on any atom is -0.478 e. The van der Waals surface area contributed by atoms with Crippen LogP contribution in [-0.4, -0.2) is 20.9 Å². The van der Waals surface area contributed by atoms with E-state index < -0.39 is 17.7 Å². The number of rotatable bonds is 4. The number of carboxylic acids is 1. The summed E-state index contributed by atoms with van der Waals surface area (Å²) in [5, 5.41) is 17.7. The van der Waals surface area contributed by atoms with E-state index in [2.05, 4.69) is 5.10 Å². The fourth-order valence-corrected chi connectivity index (χ4v) is 4.09. The average molecular weight is 458 g/mol. The summed E-state index contributed by atoms with van der Waals surface area (Å²) in [7, 11) is 0. The van der Waals surface area contributed by atoms with Crippen LogP contribution in [-0.2, 0) is 11.0 Å². The summed E-state index contributed by atoms with van der Waals surface area (Å²) in [5.74, 6) is -1.14. The monoisotopic (exact) mass is 458 g/mol. The third-order valence-corrected chi connectivity index (χ3v) is 5.61. The van der Waals surface area contributed by atoms with Gasteiger partial charge in [-0.2, -0.15) is 18.3 Å². The molecule has 1 heterocycles. The Morgan fingerprint density at radius 3 is 2.32 bits per heavy atom. The lowest BCUT2D eigenvalue weighted by Crippen LogP contribution is -2.06. The van der Waals surface area contributed by atoms with Crippen molar-refractivity contribution in [3.05, 3.63) is 102 Å².